The van der Waals surface area contributed by atoms with Gasteiger partial charge in [-0.05, 0) is 53.4 Å². The molecule has 2 N–H and O–H groups in total. The van der Waals surface area contributed by atoms with Crippen molar-refractivity contribution in [1.29, 1.82) is 0 Å². The van der Waals surface area contributed by atoms with Crippen LogP contribution in [0.2, 0.25) is 0 Å². The SMILES string of the molecule is Cc1ccc(C(C)(N)c2ccsc2)cc1F. The molecule has 2 rings (SSSR count). The predicted octanol–water partition coefficient (Wildman–Crippen LogP) is 3.42. The molecule has 1 heterocycles. The quantitative estimate of drug-likeness (QED) is 0.848. The molecular formula is C13H14FNS. The average Bonchev–Trinajstić information content (AvgIpc) is 2.75. The Balaban J connectivity index is 2.47. The van der Waals surface area contributed by atoms with Crippen LogP contribution in [-0.2, 0) is 5.54 Å². The molecule has 3 heteroatoms. The summed E-state index contributed by atoms with van der Waals surface area (Å²) in [6.45, 7) is 3.65. The zero-order chi connectivity index (χ0) is 11.8. The van der Waals surface area contributed by atoms with Crippen molar-refractivity contribution in [3.8, 4) is 0 Å². The van der Waals surface area contributed by atoms with E-state index >= 15 is 0 Å². The van der Waals surface area contributed by atoms with Crippen LogP contribution in [0.5, 0.6) is 0 Å². The van der Waals surface area contributed by atoms with Gasteiger partial charge >= 0.3 is 0 Å². The molecule has 0 aliphatic rings. The molecule has 1 nitrogen and oxygen atoms in total. The van der Waals surface area contributed by atoms with Gasteiger partial charge in [-0.3, -0.25) is 0 Å². The maximum absolute atomic E-state index is 13.5. The van der Waals surface area contributed by atoms with Crippen molar-refractivity contribution in [3.05, 3.63) is 57.5 Å². The third kappa shape index (κ3) is 1.88. The van der Waals surface area contributed by atoms with E-state index in [9.17, 15) is 4.39 Å². The van der Waals surface area contributed by atoms with E-state index in [-0.39, 0.29) is 5.82 Å². The van der Waals surface area contributed by atoms with Gasteiger partial charge in [0.25, 0.3) is 0 Å². The van der Waals surface area contributed by atoms with Crippen molar-refractivity contribution < 1.29 is 4.39 Å². The van der Waals surface area contributed by atoms with E-state index in [0.29, 0.717) is 5.56 Å². The normalized spacial score (nSPS) is 14.8. The minimum absolute atomic E-state index is 0.204. The van der Waals surface area contributed by atoms with Crippen LogP contribution >= 0.6 is 11.3 Å². The molecule has 1 unspecified atom stereocenters. The molecule has 2 aromatic rings. The maximum Gasteiger partial charge on any atom is 0.126 e. The number of benzene rings is 1. The Bertz CT molecular complexity index is 489. The largest absolute Gasteiger partial charge is 0.318 e. The summed E-state index contributed by atoms with van der Waals surface area (Å²) in [7, 11) is 0. The maximum atomic E-state index is 13.5. The molecule has 1 atom stereocenters. The van der Waals surface area contributed by atoms with Crippen molar-refractivity contribution >= 4 is 11.3 Å². The minimum Gasteiger partial charge on any atom is -0.318 e. The molecule has 0 aliphatic heterocycles. The Morgan fingerprint density at radius 1 is 1.25 bits per heavy atom. The Hall–Kier alpha value is -1.19. The van der Waals surface area contributed by atoms with Gasteiger partial charge in [-0.2, -0.15) is 11.3 Å². The number of thiophene rings is 1. The van der Waals surface area contributed by atoms with Crippen LogP contribution in [0.15, 0.2) is 35.0 Å². The number of hydrogen-bond donors (Lipinski definition) is 1. The first-order chi connectivity index (χ1) is 7.51. The first-order valence-electron chi connectivity index (χ1n) is 5.10. The number of hydrogen-bond acceptors (Lipinski definition) is 2. The highest BCUT2D eigenvalue weighted by Crippen LogP contribution is 2.29. The van der Waals surface area contributed by atoms with Gasteiger partial charge in [0.2, 0.25) is 0 Å². The molecule has 1 aromatic heterocycles. The number of rotatable bonds is 2. The van der Waals surface area contributed by atoms with Crippen LogP contribution in [0.4, 0.5) is 4.39 Å². The molecule has 0 spiro atoms. The van der Waals surface area contributed by atoms with Crippen molar-refractivity contribution in [2.75, 3.05) is 0 Å². The van der Waals surface area contributed by atoms with Crippen LogP contribution in [0, 0.1) is 12.7 Å². The van der Waals surface area contributed by atoms with E-state index in [0.717, 1.165) is 11.1 Å². The first-order valence-corrected chi connectivity index (χ1v) is 6.04. The molecule has 0 bridgehead atoms. The first kappa shape index (κ1) is 11.3. The van der Waals surface area contributed by atoms with Crippen LogP contribution in [0.3, 0.4) is 0 Å². The average molecular weight is 235 g/mol. The molecule has 0 amide bonds. The lowest BCUT2D eigenvalue weighted by atomic mass is 9.87. The third-order valence-electron chi connectivity index (χ3n) is 2.89. The molecule has 16 heavy (non-hydrogen) atoms. The summed E-state index contributed by atoms with van der Waals surface area (Å²) in [5, 5.41) is 3.97. The summed E-state index contributed by atoms with van der Waals surface area (Å²) in [5.41, 5.74) is 8.09. The van der Waals surface area contributed by atoms with Crippen molar-refractivity contribution in [3.63, 3.8) is 0 Å². The molecule has 0 fully saturated rings. The second-order valence-electron chi connectivity index (χ2n) is 4.18. The van der Waals surface area contributed by atoms with Crippen molar-refractivity contribution in [2.24, 2.45) is 5.73 Å². The fourth-order valence-corrected chi connectivity index (χ4v) is 2.42. The van der Waals surface area contributed by atoms with E-state index in [2.05, 4.69) is 0 Å². The highest BCUT2D eigenvalue weighted by Gasteiger charge is 2.24. The number of nitrogens with two attached hydrogens (primary N) is 1. The standard InChI is InChI=1S/C13H14FNS/c1-9-3-4-10(7-12(9)14)13(2,15)11-5-6-16-8-11/h3-8H,15H2,1-2H3. The Kier molecular flexibility index (Phi) is 2.82. The molecule has 0 saturated carbocycles. The summed E-state index contributed by atoms with van der Waals surface area (Å²) >= 11 is 1.59. The smallest absolute Gasteiger partial charge is 0.126 e. The molecular weight excluding hydrogens is 221 g/mol. The van der Waals surface area contributed by atoms with Gasteiger partial charge in [-0.15, -0.1) is 0 Å². The van der Waals surface area contributed by atoms with Crippen LogP contribution < -0.4 is 5.73 Å². The van der Waals surface area contributed by atoms with Crippen molar-refractivity contribution in [2.45, 2.75) is 19.4 Å². The van der Waals surface area contributed by atoms with E-state index < -0.39 is 5.54 Å². The zero-order valence-corrected chi connectivity index (χ0v) is 10.1. The second-order valence-corrected chi connectivity index (χ2v) is 4.96. The van der Waals surface area contributed by atoms with Gasteiger partial charge in [0.05, 0.1) is 5.54 Å². The topological polar surface area (TPSA) is 26.0 Å². The highest BCUT2D eigenvalue weighted by molar-refractivity contribution is 7.08. The monoisotopic (exact) mass is 235 g/mol. The van der Waals surface area contributed by atoms with Gasteiger partial charge < -0.3 is 5.73 Å². The lowest BCUT2D eigenvalue weighted by molar-refractivity contribution is 0.579. The predicted molar refractivity (Wildman–Crippen MR) is 66.1 cm³/mol. The fraction of sp³-hybridized carbons (Fsp3) is 0.231. The van der Waals surface area contributed by atoms with Gasteiger partial charge in [0.15, 0.2) is 0 Å². The van der Waals surface area contributed by atoms with E-state index in [1.165, 1.54) is 6.07 Å². The van der Waals surface area contributed by atoms with Gasteiger partial charge in [0.1, 0.15) is 5.82 Å². The summed E-state index contributed by atoms with van der Waals surface area (Å²) in [6.07, 6.45) is 0. The second kappa shape index (κ2) is 4.00. The Morgan fingerprint density at radius 3 is 2.56 bits per heavy atom. The van der Waals surface area contributed by atoms with Gasteiger partial charge in [-0.25, -0.2) is 4.39 Å². The minimum atomic E-state index is -0.630. The molecule has 0 aliphatic carbocycles. The number of aryl methyl sites for hydroxylation is 1. The third-order valence-corrected chi connectivity index (χ3v) is 3.58. The van der Waals surface area contributed by atoms with E-state index in [4.69, 9.17) is 5.73 Å². The van der Waals surface area contributed by atoms with Crippen LogP contribution in [0.1, 0.15) is 23.6 Å². The number of halogens is 1. The van der Waals surface area contributed by atoms with E-state index in [1.54, 1.807) is 24.3 Å². The lowest BCUT2D eigenvalue weighted by Crippen LogP contribution is -2.33. The summed E-state index contributed by atoms with van der Waals surface area (Å²) < 4.78 is 13.5. The fourth-order valence-electron chi connectivity index (χ4n) is 1.64. The molecule has 0 saturated heterocycles. The molecule has 1 aromatic carbocycles. The van der Waals surface area contributed by atoms with Gasteiger partial charge in [0, 0.05) is 0 Å². The van der Waals surface area contributed by atoms with Crippen LogP contribution in [-0.4, -0.2) is 0 Å². The summed E-state index contributed by atoms with van der Waals surface area (Å²) in [5.74, 6) is -0.204. The molecule has 0 radical (unpaired) electrons. The van der Waals surface area contributed by atoms with Crippen LogP contribution in [0.25, 0.3) is 0 Å². The summed E-state index contributed by atoms with van der Waals surface area (Å²) in [4.78, 5) is 0. The lowest BCUT2D eigenvalue weighted by Gasteiger charge is -2.24. The van der Waals surface area contributed by atoms with Gasteiger partial charge in [-0.1, -0.05) is 12.1 Å². The van der Waals surface area contributed by atoms with E-state index in [1.807, 2.05) is 29.8 Å². The highest BCUT2D eigenvalue weighted by atomic mass is 32.1. The molecule has 84 valence electrons. The van der Waals surface area contributed by atoms with Crippen molar-refractivity contribution in [1.82, 2.24) is 0 Å². The summed E-state index contributed by atoms with van der Waals surface area (Å²) in [6, 6.07) is 7.15. The Labute approximate surface area is 98.7 Å². The Morgan fingerprint density at radius 2 is 2.00 bits per heavy atom. The zero-order valence-electron chi connectivity index (χ0n) is 9.33.